The number of likely N-dealkylation sites (N-methyl/N-ethyl adjacent to an activating group) is 1. The maximum absolute atomic E-state index is 12.8. The summed E-state index contributed by atoms with van der Waals surface area (Å²) in [4.78, 5) is 37.2. The number of quaternary nitrogens is 1. The first-order valence-corrected chi connectivity index (χ1v) is 29.4. The minimum absolute atomic E-state index is 0.0452. The van der Waals surface area contributed by atoms with Gasteiger partial charge in [-0.3, -0.25) is 9.59 Å². The second-order valence-electron chi connectivity index (χ2n) is 21.2. The van der Waals surface area contributed by atoms with Crippen LogP contribution in [0.25, 0.3) is 0 Å². The van der Waals surface area contributed by atoms with Crippen LogP contribution in [0.5, 0.6) is 0 Å². The van der Waals surface area contributed by atoms with Crippen LogP contribution in [0, 0.1) is 0 Å². The Morgan fingerprint density at radius 1 is 0.441 bits per heavy atom. The first kappa shape index (κ1) is 65.8. The molecule has 0 bridgehead atoms. The number of hydrogen-bond acceptors (Lipinski definition) is 7. The van der Waals surface area contributed by atoms with E-state index in [1.54, 1.807) is 0 Å². The van der Waals surface area contributed by atoms with Crippen molar-refractivity contribution in [3.8, 4) is 0 Å². The van der Waals surface area contributed by atoms with Crippen molar-refractivity contribution in [1.29, 1.82) is 0 Å². The lowest BCUT2D eigenvalue weighted by Crippen LogP contribution is -2.55. The van der Waals surface area contributed by atoms with Crippen molar-refractivity contribution in [3.63, 3.8) is 0 Å². The van der Waals surface area contributed by atoms with Crippen LogP contribution < -0.4 is 5.11 Å². The number of esters is 2. The average Bonchev–Trinajstić information content (AvgIpc) is 3.30. The number of carboxylic acid groups (broad SMARTS) is 1. The highest BCUT2D eigenvalue weighted by Crippen LogP contribution is 2.17. The smallest absolute Gasteiger partial charge is 0.306 e. The molecule has 0 aliphatic carbocycles. The summed E-state index contributed by atoms with van der Waals surface area (Å²) in [5.41, 5.74) is 0. The lowest BCUT2D eigenvalue weighted by molar-refractivity contribution is -0.889. The van der Waals surface area contributed by atoms with Crippen molar-refractivity contribution in [1.82, 2.24) is 0 Å². The number of carbonyl (C=O) groups excluding carboxylic acids is 3. The second-order valence-corrected chi connectivity index (χ2v) is 21.2. The summed E-state index contributed by atoms with van der Waals surface area (Å²) in [6, 6.07) is -0.724. The van der Waals surface area contributed by atoms with Gasteiger partial charge in [-0.25, -0.2) is 0 Å². The Balaban J connectivity index is 4.13. The highest BCUT2D eigenvalue weighted by Gasteiger charge is 2.25. The zero-order chi connectivity index (χ0) is 49.9. The van der Waals surface area contributed by atoms with Gasteiger partial charge in [0.25, 0.3) is 0 Å². The Labute approximate surface area is 421 Å². The molecule has 400 valence electrons. The third-order valence-electron chi connectivity index (χ3n) is 13.6. The first-order valence-electron chi connectivity index (χ1n) is 29.4. The molecule has 0 spiro atoms. The molecule has 0 saturated heterocycles. The van der Waals surface area contributed by atoms with E-state index in [1.807, 2.05) is 21.1 Å². The van der Waals surface area contributed by atoms with Crippen molar-refractivity contribution >= 4 is 17.9 Å². The van der Waals surface area contributed by atoms with Crippen LogP contribution in [0.15, 0.2) is 24.3 Å². The molecule has 0 saturated carbocycles. The molecule has 2 atom stereocenters. The molecule has 0 aromatic heterocycles. The predicted octanol–water partition coefficient (Wildman–Crippen LogP) is 16.2. The normalized spacial score (nSPS) is 12.9. The number of allylic oxidation sites excluding steroid dienone is 4. The number of ether oxygens (including phenoxy) is 3. The Morgan fingerprint density at radius 2 is 0.779 bits per heavy atom. The van der Waals surface area contributed by atoms with E-state index < -0.39 is 18.1 Å². The van der Waals surface area contributed by atoms with E-state index in [2.05, 4.69) is 38.2 Å². The van der Waals surface area contributed by atoms with Gasteiger partial charge in [0.2, 0.25) is 0 Å². The number of hydrogen-bond donors (Lipinski definition) is 0. The van der Waals surface area contributed by atoms with Gasteiger partial charge in [0.05, 0.1) is 40.3 Å². The summed E-state index contributed by atoms with van der Waals surface area (Å²) in [6.07, 6.45) is 60.8. The third kappa shape index (κ3) is 48.8. The Kier molecular flexibility index (Phi) is 49.5. The van der Waals surface area contributed by atoms with Crippen molar-refractivity contribution in [2.24, 2.45) is 0 Å². The van der Waals surface area contributed by atoms with Crippen LogP contribution in [-0.4, -0.2) is 75.5 Å². The van der Waals surface area contributed by atoms with Gasteiger partial charge >= 0.3 is 11.9 Å². The molecule has 0 aromatic carbocycles. The molecule has 0 heterocycles. The molecule has 2 unspecified atom stereocenters. The Hall–Kier alpha value is -2.19. The molecule has 0 aliphatic rings. The monoisotopic (exact) mass is 960 g/mol. The number of rotatable bonds is 54. The molecule has 0 amide bonds. The van der Waals surface area contributed by atoms with E-state index >= 15 is 0 Å². The van der Waals surface area contributed by atoms with Gasteiger partial charge in [0.1, 0.15) is 12.6 Å². The summed E-state index contributed by atoms with van der Waals surface area (Å²) in [6.45, 7) is 4.71. The number of carbonyl (C=O) groups is 3. The number of aliphatic carboxylic acids is 1. The average molecular weight is 961 g/mol. The van der Waals surface area contributed by atoms with Gasteiger partial charge in [-0.2, -0.15) is 0 Å². The Bertz CT molecular complexity index is 1160. The molecule has 68 heavy (non-hydrogen) atoms. The van der Waals surface area contributed by atoms with Crippen LogP contribution in [0.2, 0.25) is 0 Å². The minimum Gasteiger partial charge on any atom is -0.544 e. The standard InChI is InChI=1S/C60H113NO7/c1-6-8-10-12-14-16-18-20-22-24-26-28-29-31-33-35-37-39-41-43-45-47-49-51-59(63)68-56(54-66-53-52-57(60(64)65)61(3,4)5)55-67-58(62)50-48-46-44-42-40-38-36-34-32-30-27-25-23-21-19-17-15-13-11-9-7-2/h18,20,24,26,56-57H,6-17,19,21-23,25,27-55H2,1-5H3/b20-18-,26-24-. The molecule has 8 nitrogen and oxygen atoms in total. The van der Waals surface area contributed by atoms with E-state index in [0.29, 0.717) is 12.8 Å². The van der Waals surface area contributed by atoms with E-state index in [0.717, 1.165) is 44.9 Å². The third-order valence-corrected chi connectivity index (χ3v) is 13.6. The summed E-state index contributed by atoms with van der Waals surface area (Å²) < 4.78 is 17.3. The summed E-state index contributed by atoms with van der Waals surface area (Å²) in [7, 11) is 5.43. The Morgan fingerprint density at radius 3 is 1.13 bits per heavy atom. The molecular formula is C60H113NO7. The quantitative estimate of drug-likeness (QED) is 0.0259. The summed E-state index contributed by atoms with van der Waals surface area (Å²) in [5, 5.41) is 11.7. The fourth-order valence-corrected chi connectivity index (χ4v) is 9.05. The maximum Gasteiger partial charge on any atom is 0.306 e. The molecule has 0 radical (unpaired) electrons. The fourth-order valence-electron chi connectivity index (χ4n) is 9.05. The van der Waals surface area contributed by atoms with Crippen molar-refractivity contribution in [2.75, 3.05) is 41.0 Å². The van der Waals surface area contributed by atoms with Crippen LogP contribution in [0.4, 0.5) is 0 Å². The van der Waals surface area contributed by atoms with Crippen LogP contribution in [0.3, 0.4) is 0 Å². The molecule has 0 N–H and O–H groups in total. The van der Waals surface area contributed by atoms with E-state index in [9.17, 15) is 19.5 Å². The zero-order valence-electron chi connectivity index (χ0n) is 45.8. The van der Waals surface area contributed by atoms with Gasteiger partial charge in [-0.1, -0.05) is 250 Å². The lowest BCUT2D eigenvalue weighted by atomic mass is 10.0. The molecule has 8 heteroatoms. The maximum atomic E-state index is 12.8. The van der Waals surface area contributed by atoms with Gasteiger partial charge < -0.3 is 28.6 Å². The fraction of sp³-hybridized carbons (Fsp3) is 0.883. The summed E-state index contributed by atoms with van der Waals surface area (Å²) in [5.74, 6) is -1.71. The van der Waals surface area contributed by atoms with Crippen molar-refractivity contribution < 1.29 is 38.2 Å². The van der Waals surface area contributed by atoms with Crippen LogP contribution in [-0.2, 0) is 28.6 Å². The van der Waals surface area contributed by atoms with Crippen LogP contribution >= 0.6 is 0 Å². The van der Waals surface area contributed by atoms with E-state index in [-0.39, 0.29) is 42.7 Å². The van der Waals surface area contributed by atoms with Gasteiger partial charge in [0, 0.05) is 19.3 Å². The SMILES string of the molecule is CCCCCCC/C=C\C/C=C\CCCCCCCCCCCCCC(=O)OC(COCCC(C(=O)[O-])[N+](C)(C)C)COC(=O)CCCCCCCCCCCCCCCCCCCCCCC. The highest BCUT2D eigenvalue weighted by atomic mass is 16.6. The minimum atomic E-state index is -1.12. The molecule has 0 aromatic rings. The van der Waals surface area contributed by atoms with Gasteiger partial charge in [-0.15, -0.1) is 0 Å². The lowest BCUT2D eigenvalue weighted by Gasteiger charge is -2.34. The molecule has 0 rings (SSSR count). The number of carboxylic acids is 1. The second kappa shape index (κ2) is 51.2. The molecule has 0 aliphatic heterocycles. The number of unbranched alkanes of at least 4 members (excludes halogenated alkanes) is 36. The number of nitrogens with zero attached hydrogens (tertiary/aromatic N) is 1. The van der Waals surface area contributed by atoms with Crippen LogP contribution in [0.1, 0.15) is 290 Å². The van der Waals surface area contributed by atoms with Gasteiger partial charge in [-0.05, 0) is 44.9 Å². The van der Waals surface area contributed by atoms with E-state index in [1.165, 1.54) is 212 Å². The predicted molar refractivity (Wildman–Crippen MR) is 287 cm³/mol. The van der Waals surface area contributed by atoms with E-state index in [4.69, 9.17) is 14.2 Å². The van der Waals surface area contributed by atoms with Crippen molar-refractivity contribution in [3.05, 3.63) is 24.3 Å². The molecular weight excluding hydrogens is 847 g/mol. The van der Waals surface area contributed by atoms with Crippen molar-refractivity contribution in [2.45, 2.75) is 302 Å². The largest absolute Gasteiger partial charge is 0.544 e. The topological polar surface area (TPSA) is 102 Å². The molecule has 0 fully saturated rings. The highest BCUT2D eigenvalue weighted by molar-refractivity contribution is 5.70. The summed E-state index contributed by atoms with van der Waals surface area (Å²) >= 11 is 0. The zero-order valence-corrected chi connectivity index (χ0v) is 45.8. The first-order chi connectivity index (χ1) is 33.1. The van der Waals surface area contributed by atoms with Gasteiger partial charge in [0.15, 0.2) is 6.10 Å².